The molecule has 0 heterocycles. The molecule has 3 N–H and O–H groups in total. The van der Waals surface area contributed by atoms with Crippen LogP contribution in [0.5, 0.6) is 0 Å². The highest BCUT2D eigenvalue weighted by molar-refractivity contribution is 5.79. The van der Waals surface area contributed by atoms with E-state index in [-0.39, 0.29) is 0 Å². The third-order valence-corrected chi connectivity index (χ3v) is 1.11. The van der Waals surface area contributed by atoms with Crippen molar-refractivity contribution >= 4 is 11.9 Å². The zero-order chi connectivity index (χ0) is 11.4. The lowest BCUT2D eigenvalue weighted by atomic mass is 10.2. The third-order valence-electron chi connectivity index (χ3n) is 1.11. The van der Waals surface area contributed by atoms with Gasteiger partial charge in [0.2, 0.25) is 5.76 Å². The Morgan fingerprint density at radius 3 is 2.21 bits per heavy atom. The van der Waals surface area contributed by atoms with E-state index in [2.05, 4.69) is 5.48 Å². The number of carbonyl (C=O) groups is 1. The normalized spacial score (nSPS) is 13.1. The molecule has 0 aliphatic carbocycles. The number of aliphatic hydroxyl groups is 1. The molecule has 0 aromatic heterocycles. The molecule has 14 heavy (non-hydrogen) atoms. The molecule has 0 rings (SSSR count). The first kappa shape index (κ1) is 12.6. The first-order chi connectivity index (χ1) is 6.28. The molecule has 80 valence electrons. The van der Waals surface area contributed by atoms with E-state index in [1.807, 2.05) is 0 Å². The van der Waals surface area contributed by atoms with Crippen molar-refractivity contribution in [3.63, 3.8) is 0 Å². The molecule has 0 radical (unpaired) electrons. The van der Waals surface area contributed by atoms with Crippen molar-refractivity contribution in [2.24, 2.45) is 0 Å². The van der Waals surface area contributed by atoms with Crippen molar-refractivity contribution < 1.29 is 24.6 Å². The average Bonchev–Trinajstić information content (AvgIpc) is 2.01. The summed E-state index contributed by atoms with van der Waals surface area (Å²) in [5, 5.41) is 17.4. The number of hydroxylamine groups is 1. The van der Waals surface area contributed by atoms with Crippen molar-refractivity contribution in [1.82, 2.24) is 5.48 Å². The SMILES string of the molecule is CC(C)(C)ONC(C(=O)O)C(O)=C=O. The Morgan fingerprint density at radius 1 is 1.43 bits per heavy atom. The highest BCUT2D eigenvalue weighted by atomic mass is 16.7. The highest BCUT2D eigenvalue weighted by Crippen LogP contribution is 2.05. The second kappa shape index (κ2) is 4.76. The number of rotatable bonds is 4. The lowest BCUT2D eigenvalue weighted by Gasteiger charge is -2.21. The fraction of sp³-hybridized carbons (Fsp3) is 0.625. The second-order valence-corrected chi connectivity index (χ2v) is 3.59. The zero-order valence-electron chi connectivity index (χ0n) is 8.20. The summed E-state index contributed by atoms with van der Waals surface area (Å²) in [6, 6.07) is -1.59. The standard InChI is InChI=1S/C8H13NO5/c1-8(2,3)14-9-6(7(12)13)5(11)4-10/h6,9,11H,1-3H3,(H,12,13). The Hall–Kier alpha value is -1.36. The van der Waals surface area contributed by atoms with Gasteiger partial charge >= 0.3 is 5.97 Å². The molecular formula is C8H13NO5. The maximum atomic E-state index is 10.5. The van der Waals surface area contributed by atoms with E-state index in [0.29, 0.717) is 0 Å². The fourth-order valence-electron chi connectivity index (χ4n) is 0.518. The van der Waals surface area contributed by atoms with Gasteiger partial charge in [-0.1, -0.05) is 0 Å². The summed E-state index contributed by atoms with van der Waals surface area (Å²) in [4.78, 5) is 25.4. The van der Waals surface area contributed by atoms with Crippen molar-refractivity contribution in [1.29, 1.82) is 0 Å². The number of carboxylic acid groups (broad SMARTS) is 1. The van der Waals surface area contributed by atoms with Crippen molar-refractivity contribution in [2.75, 3.05) is 0 Å². The van der Waals surface area contributed by atoms with Crippen molar-refractivity contribution in [3.05, 3.63) is 5.76 Å². The Balaban J connectivity index is 4.42. The number of nitrogens with one attached hydrogen (secondary N) is 1. The molecule has 1 atom stereocenters. The van der Waals surface area contributed by atoms with E-state index in [9.17, 15) is 9.59 Å². The van der Waals surface area contributed by atoms with E-state index in [1.54, 1.807) is 20.8 Å². The average molecular weight is 203 g/mol. The number of carbonyl (C=O) groups excluding carboxylic acids is 1. The van der Waals surface area contributed by atoms with Crippen molar-refractivity contribution in [2.45, 2.75) is 32.4 Å². The molecule has 0 fully saturated rings. The molecule has 0 spiro atoms. The molecule has 0 saturated carbocycles. The Labute approximate surface area is 81.1 Å². The predicted octanol–water partition coefficient (Wildman–Crippen LogP) is 0.0328. The van der Waals surface area contributed by atoms with E-state index in [4.69, 9.17) is 15.1 Å². The topological polar surface area (TPSA) is 95.9 Å². The van der Waals surface area contributed by atoms with Crippen LogP contribution in [0.2, 0.25) is 0 Å². The van der Waals surface area contributed by atoms with Crippen LogP contribution in [-0.2, 0) is 14.4 Å². The van der Waals surface area contributed by atoms with Gasteiger partial charge in [0, 0.05) is 0 Å². The van der Waals surface area contributed by atoms with Crippen molar-refractivity contribution in [3.8, 4) is 0 Å². The van der Waals surface area contributed by atoms with E-state index >= 15 is 0 Å². The van der Waals surface area contributed by atoms with Crippen LogP contribution in [-0.4, -0.2) is 33.8 Å². The summed E-state index contributed by atoms with van der Waals surface area (Å²) in [5.74, 6) is -1.30. The summed E-state index contributed by atoms with van der Waals surface area (Å²) in [5.41, 5.74) is 1.43. The van der Waals surface area contributed by atoms with Crippen LogP contribution in [0.4, 0.5) is 0 Å². The van der Waals surface area contributed by atoms with Gasteiger partial charge in [0.25, 0.3) is 0 Å². The molecule has 0 aliphatic rings. The van der Waals surface area contributed by atoms with Crippen LogP contribution in [0.3, 0.4) is 0 Å². The Bertz CT molecular complexity index is 261. The van der Waals surface area contributed by atoms with Gasteiger partial charge in [-0.3, -0.25) is 4.84 Å². The Morgan fingerprint density at radius 2 is 1.93 bits per heavy atom. The largest absolute Gasteiger partial charge is 0.500 e. The third kappa shape index (κ3) is 4.61. The number of carboxylic acids is 1. The molecule has 0 amide bonds. The van der Waals surface area contributed by atoms with Crippen LogP contribution in [0.15, 0.2) is 5.76 Å². The van der Waals surface area contributed by atoms with Crippen LogP contribution in [0.1, 0.15) is 20.8 Å². The minimum Gasteiger partial charge on any atom is -0.500 e. The van der Waals surface area contributed by atoms with Crippen LogP contribution < -0.4 is 5.48 Å². The van der Waals surface area contributed by atoms with Crippen LogP contribution in [0, 0.1) is 0 Å². The molecular weight excluding hydrogens is 190 g/mol. The summed E-state index contributed by atoms with van der Waals surface area (Å²) in [7, 11) is 0. The quantitative estimate of drug-likeness (QED) is 0.339. The molecule has 1 unspecified atom stereocenters. The first-order valence-corrected chi connectivity index (χ1v) is 3.88. The monoisotopic (exact) mass is 203 g/mol. The maximum absolute atomic E-state index is 10.5. The van der Waals surface area contributed by atoms with Gasteiger partial charge in [0.1, 0.15) is 0 Å². The van der Waals surface area contributed by atoms with E-state index in [1.165, 1.54) is 0 Å². The minimum absolute atomic E-state index is 0.628. The number of hydrogen-bond acceptors (Lipinski definition) is 5. The van der Waals surface area contributed by atoms with Gasteiger partial charge in [0.15, 0.2) is 12.0 Å². The first-order valence-electron chi connectivity index (χ1n) is 3.88. The smallest absolute Gasteiger partial charge is 0.331 e. The Kier molecular flexibility index (Phi) is 4.30. The molecule has 0 aromatic carbocycles. The summed E-state index contributed by atoms with van der Waals surface area (Å²) in [6.07, 6.45) is 0. The predicted molar refractivity (Wildman–Crippen MR) is 47.2 cm³/mol. The maximum Gasteiger partial charge on any atom is 0.331 e. The van der Waals surface area contributed by atoms with Crippen LogP contribution in [0.25, 0.3) is 0 Å². The van der Waals surface area contributed by atoms with Gasteiger partial charge < -0.3 is 10.2 Å². The zero-order valence-corrected chi connectivity index (χ0v) is 8.20. The summed E-state index contributed by atoms with van der Waals surface area (Å²) >= 11 is 0. The van der Waals surface area contributed by atoms with E-state index < -0.39 is 23.4 Å². The lowest BCUT2D eigenvalue weighted by Crippen LogP contribution is -2.42. The number of aliphatic carboxylic acids is 1. The molecule has 6 heteroatoms. The fourth-order valence-corrected chi connectivity index (χ4v) is 0.518. The molecule has 0 aliphatic heterocycles. The highest BCUT2D eigenvalue weighted by Gasteiger charge is 2.25. The van der Waals surface area contributed by atoms with Gasteiger partial charge in [0.05, 0.1) is 5.60 Å². The van der Waals surface area contributed by atoms with Gasteiger partial charge in [-0.15, -0.1) is 0 Å². The minimum atomic E-state index is -1.59. The van der Waals surface area contributed by atoms with Gasteiger partial charge in [-0.05, 0) is 20.8 Å². The molecule has 0 saturated heterocycles. The van der Waals surface area contributed by atoms with Gasteiger partial charge in [-0.2, -0.15) is 5.48 Å². The van der Waals surface area contributed by atoms with E-state index in [0.717, 1.165) is 5.94 Å². The number of aliphatic hydroxyl groups excluding tert-OH is 1. The number of hydrogen-bond donors (Lipinski definition) is 3. The molecule has 6 nitrogen and oxygen atoms in total. The van der Waals surface area contributed by atoms with Crippen LogP contribution >= 0.6 is 0 Å². The molecule has 0 bridgehead atoms. The second-order valence-electron chi connectivity index (χ2n) is 3.59. The lowest BCUT2D eigenvalue weighted by molar-refractivity contribution is -0.149. The van der Waals surface area contributed by atoms with Gasteiger partial charge in [-0.25, -0.2) is 9.59 Å². The summed E-state index contributed by atoms with van der Waals surface area (Å²) < 4.78 is 0. The molecule has 0 aromatic rings. The summed E-state index contributed by atoms with van der Waals surface area (Å²) in [6.45, 7) is 5.04.